The standard InChI is InChI=1S/C9H16ClNO2/c10-6-5-9(13)11-7-1-3-8(12)4-2-7/h7-8,12H,1-6H2,(H,11,13). The lowest BCUT2D eigenvalue weighted by atomic mass is 9.93. The molecule has 1 aliphatic rings. The van der Waals surface area contributed by atoms with Gasteiger partial charge in [0.1, 0.15) is 0 Å². The highest BCUT2D eigenvalue weighted by Gasteiger charge is 2.20. The molecule has 76 valence electrons. The molecule has 1 rings (SSSR count). The third-order valence-electron chi connectivity index (χ3n) is 2.38. The van der Waals surface area contributed by atoms with Gasteiger partial charge in [-0.2, -0.15) is 0 Å². The van der Waals surface area contributed by atoms with E-state index in [1.54, 1.807) is 0 Å². The Bertz CT molecular complexity index is 167. The Balaban J connectivity index is 2.18. The second-order valence-corrected chi connectivity index (χ2v) is 3.89. The van der Waals surface area contributed by atoms with Crippen molar-refractivity contribution in [1.82, 2.24) is 5.32 Å². The van der Waals surface area contributed by atoms with Gasteiger partial charge in [0.15, 0.2) is 0 Å². The first kappa shape index (κ1) is 10.8. The first-order valence-electron chi connectivity index (χ1n) is 4.75. The molecule has 0 saturated heterocycles. The van der Waals surface area contributed by atoms with Gasteiger partial charge < -0.3 is 10.4 Å². The van der Waals surface area contributed by atoms with Crippen molar-refractivity contribution in [2.75, 3.05) is 5.88 Å². The minimum Gasteiger partial charge on any atom is -0.393 e. The molecule has 3 nitrogen and oxygen atoms in total. The molecule has 0 bridgehead atoms. The number of aliphatic hydroxyl groups excluding tert-OH is 1. The van der Waals surface area contributed by atoms with Gasteiger partial charge in [-0.05, 0) is 25.7 Å². The number of aliphatic hydroxyl groups is 1. The molecule has 0 atom stereocenters. The van der Waals surface area contributed by atoms with Crippen LogP contribution in [0, 0.1) is 0 Å². The molecule has 0 unspecified atom stereocenters. The van der Waals surface area contributed by atoms with Gasteiger partial charge in [-0.25, -0.2) is 0 Å². The third kappa shape index (κ3) is 3.96. The van der Waals surface area contributed by atoms with E-state index in [4.69, 9.17) is 11.6 Å². The number of carbonyl (C=O) groups is 1. The van der Waals surface area contributed by atoms with Crippen molar-refractivity contribution in [3.63, 3.8) is 0 Å². The van der Waals surface area contributed by atoms with Gasteiger partial charge in [-0.15, -0.1) is 11.6 Å². The van der Waals surface area contributed by atoms with Crippen LogP contribution < -0.4 is 5.32 Å². The lowest BCUT2D eigenvalue weighted by Crippen LogP contribution is -2.38. The average molecular weight is 206 g/mol. The largest absolute Gasteiger partial charge is 0.393 e. The monoisotopic (exact) mass is 205 g/mol. The fourth-order valence-corrected chi connectivity index (χ4v) is 1.78. The van der Waals surface area contributed by atoms with E-state index in [9.17, 15) is 9.90 Å². The van der Waals surface area contributed by atoms with Gasteiger partial charge in [-0.3, -0.25) is 4.79 Å². The summed E-state index contributed by atoms with van der Waals surface area (Å²) in [7, 11) is 0. The fourth-order valence-electron chi connectivity index (χ4n) is 1.61. The van der Waals surface area contributed by atoms with Crippen LogP contribution in [-0.2, 0) is 4.79 Å². The van der Waals surface area contributed by atoms with E-state index in [0.29, 0.717) is 12.3 Å². The van der Waals surface area contributed by atoms with Crippen LogP contribution in [0.4, 0.5) is 0 Å². The van der Waals surface area contributed by atoms with Crippen molar-refractivity contribution in [3.8, 4) is 0 Å². The molecule has 0 heterocycles. The van der Waals surface area contributed by atoms with Crippen molar-refractivity contribution < 1.29 is 9.90 Å². The highest BCUT2D eigenvalue weighted by molar-refractivity contribution is 6.18. The van der Waals surface area contributed by atoms with Gasteiger partial charge in [0.25, 0.3) is 0 Å². The summed E-state index contributed by atoms with van der Waals surface area (Å²) < 4.78 is 0. The summed E-state index contributed by atoms with van der Waals surface area (Å²) in [5.41, 5.74) is 0. The fraction of sp³-hybridized carbons (Fsp3) is 0.889. The number of hydrogen-bond donors (Lipinski definition) is 2. The number of amides is 1. The van der Waals surface area contributed by atoms with Crippen LogP contribution in [0.25, 0.3) is 0 Å². The number of halogens is 1. The molecular weight excluding hydrogens is 190 g/mol. The molecule has 0 radical (unpaired) electrons. The van der Waals surface area contributed by atoms with E-state index in [-0.39, 0.29) is 18.1 Å². The number of alkyl halides is 1. The van der Waals surface area contributed by atoms with Crippen LogP contribution >= 0.6 is 11.6 Å². The van der Waals surface area contributed by atoms with Crippen LogP contribution in [-0.4, -0.2) is 29.0 Å². The quantitative estimate of drug-likeness (QED) is 0.677. The Labute approximate surface area is 83.5 Å². The van der Waals surface area contributed by atoms with E-state index in [0.717, 1.165) is 25.7 Å². The van der Waals surface area contributed by atoms with E-state index >= 15 is 0 Å². The number of nitrogens with one attached hydrogen (secondary N) is 1. The number of carbonyl (C=O) groups excluding carboxylic acids is 1. The Kier molecular flexibility index (Phi) is 4.53. The molecular formula is C9H16ClNO2. The van der Waals surface area contributed by atoms with Crippen molar-refractivity contribution in [2.24, 2.45) is 0 Å². The summed E-state index contributed by atoms with van der Waals surface area (Å²) in [4.78, 5) is 11.1. The molecule has 2 N–H and O–H groups in total. The van der Waals surface area contributed by atoms with Crippen LogP contribution in [0.15, 0.2) is 0 Å². The first-order valence-corrected chi connectivity index (χ1v) is 5.29. The summed E-state index contributed by atoms with van der Waals surface area (Å²) in [5.74, 6) is 0.401. The number of hydrogen-bond acceptors (Lipinski definition) is 2. The zero-order chi connectivity index (χ0) is 9.68. The molecule has 1 fully saturated rings. The predicted octanol–water partition coefficient (Wildman–Crippen LogP) is 1.03. The van der Waals surface area contributed by atoms with E-state index in [1.165, 1.54) is 0 Å². The molecule has 4 heteroatoms. The third-order valence-corrected chi connectivity index (χ3v) is 2.57. The maximum Gasteiger partial charge on any atom is 0.221 e. The summed E-state index contributed by atoms with van der Waals surface area (Å²) in [6, 6.07) is 0.249. The average Bonchev–Trinajstić information content (AvgIpc) is 2.09. The summed E-state index contributed by atoms with van der Waals surface area (Å²) in [6.45, 7) is 0. The van der Waals surface area contributed by atoms with E-state index in [1.807, 2.05) is 0 Å². The van der Waals surface area contributed by atoms with Crippen LogP contribution in [0.3, 0.4) is 0 Å². The molecule has 0 aromatic carbocycles. The normalized spacial score (nSPS) is 28.5. The number of rotatable bonds is 3. The lowest BCUT2D eigenvalue weighted by Gasteiger charge is -2.26. The maximum absolute atomic E-state index is 11.1. The lowest BCUT2D eigenvalue weighted by molar-refractivity contribution is -0.121. The molecule has 0 aliphatic heterocycles. The van der Waals surface area contributed by atoms with Crippen LogP contribution in [0.2, 0.25) is 0 Å². The maximum atomic E-state index is 11.1. The highest BCUT2D eigenvalue weighted by atomic mass is 35.5. The second kappa shape index (κ2) is 5.45. The second-order valence-electron chi connectivity index (χ2n) is 3.51. The van der Waals surface area contributed by atoms with Gasteiger partial charge in [0, 0.05) is 18.3 Å². The van der Waals surface area contributed by atoms with Crippen molar-refractivity contribution in [1.29, 1.82) is 0 Å². The Morgan fingerprint density at radius 1 is 1.38 bits per heavy atom. The molecule has 0 spiro atoms. The smallest absolute Gasteiger partial charge is 0.221 e. The van der Waals surface area contributed by atoms with E-state index in [2.05, 4.69) is 5.32 Å². The van der Waals surface area contributed by atoms with Gasteiger partial charge in [0.05, 0.1) is 6.10 Å². The zero-order valence-corrected chi connectivity index (χ0v) is 8.39. The molecule has 1 amide bonds. The van der Waals surface area contributed by atoms with Gasteiger partial charge in [-0.1, -0.05) is 0 Å². The Hall–Kier alpha value is -0.280. The Morgan fingerprint density at radius 2 is 2.00 bits per heavy atom. The predicted molar refractivity (Wildman–Crippen MR) is 51.7 cm³/mol. The van der Waals surface area contributed by atoms with E-state index < -0.39 is 0 Å². The first-order chi connectivity index (χ1) is 6.22. The van der Waals surface area contributed by atoms with Crippen LogP contribution in [0.5, 0.6) is 0 Å². The summed E-state index contributed by atoms with van der Waals surface area (Å²) in [5, 5.41) is 12.1. The minimum atomic E-state index is -0.166. The van der Waals surface area contributed by atoms with Gasteiger partial charge in [0.2, 0.25) is 5.91 Å². The highest BCUT2D eigenvalue weighted by Crippen LogP contribution is 2.18. The SMILES string of the molecule is O=C(CCCl)NC1CCC(O)CC1. The summed E-state index contributed by atoms with van der Waals surface area (Å²) in [6.07, 6.45) is 3.59. The summed E-state index contributed by atoms with van der Waals surface area (Å²) >= 11 is 5.44. The topological polar surface area (TPSA) is 49.3 Å². The zero-order valence-electron chi connectivity index (χ0n) is 7.63. The van der Waals surface area contributed by atoms with Crippen molar-refractivity contribution in [2.45, 2.75) is 44.2 Å². The molecule has 1 aliphatic carbocycles. The van der Waals surface area contributed by atoms with Crippen molar-refractivity contribution >= 4 is 17.5 Å². The Morgan fingerprint density at radius 3 is 2.54 bits per heavy atom. The molecule has 1 saturated carbocycles. The van der Waals surface area contributed by atoms with Crippen LogP contribution in [0.1, 0.15) is 32.1 Å². The molecule has 0 aromatic heterocycles. The molecule has 0 aromatic rings. The minimum absolute atomic E-state index is 0.0244. The molecule has 13 heavy (non-hydrogen) atoms. The van der Waals surface area contributed by atoms with Gasteiger partial charge >= 0.3 is 0 Å². The van der Waals surface area contributed by atoms with Crippen molar-refractivity contribution in [3.05, 3.63) is 0 Å².